The number of carbonyl (C=O) groups is 2. The van der Waals surface area contributed by atoms with Gasteiger partial charge in [-0.15, -0.1) is 0 Å². The number of hydrogen-bond donors (Lipinski definition) is 2. The van der Waals surface area contributed by atoms with Crippen LogP contribution < -0.4 is 5.32 Å². The van der Waals surface area contributed by atoms with E-state index in [0.29, 0.717) is 6.42 Å². The van der Waals surface area contributed by atoms with Crippen LogP contribution in [-0.2, 0) is 16.1 Å². The van der Waals surface area contributed by atoms with E-state index in [1.54, 1.807) is 0 Å². The predicted molar refractivity (Wildman–Crippen MR) is 81.0 cm³/mol. The van der Waals surface area contributed by atoms with E-state index in [0.717, 1.165) is 23.7 Å². The topological polar surface area (TPSA) is 71.3 Å². The first kappa shape index (κ1) is 15.1. The number of amides is 1. The fourth-order valence-corrected chi connectivity index (χ4v) is 2.34. The van der Waals surface area contributed by atoms with E-state index >= 15 is 0 Å². The molecule has 2 rings (SSSR count). The molecule has 112 valence electrons. The SMILES string of the molecule is CCCC[C@H](NC(=O)Cn1ccc2ccccc21)C(=O)O. The second-order valence-corrected chi connectivity index (χ2v) is 5.10. The molecule has 0 bridgehead atoms. The minimum atomic E-state index is -0.978. The first-order valence-electron chi connectivity index (χ1n) is 7.18. The highest BCUT2D eigenvalue weighted by Gasteiger charge is 2.19. The zero-order valence-corrected chi connectivity index (χ0v) is 12.1. The van der Waals surface area contributed by atoms with Crippen LogP contribution in [-0.4, -0.2) is 27.6 Å². The molecule has 5 nitrogen and oxygen atoms in total. The monoisotopic (exact) mass is 288 g/mol. The number of benzene rings is 1. The summed E-state index contributed by atoms with van der Waals surface area (Å²) in [7, 11) is 0. The molecule has 2 N–H and O–H groups in total. The van der Waals surface area contributed by atoms with E-state index in [9.17, 15) is 9.59 Å². The first-order chi connectivity index (χ1) is 10.1. The summed E-state index contributed by atoms with van der Waals surface area (Å²) in [5.41, 5.74) is 0.966. The number of carboxylic acids is 1. The zero-order valence-electron chi connectivity index (χ0n) is 12.1. The van der Waals surface area contributed by atoms with Gasteiger partial charge >= 0.3 is 5.97 Å². The number of carbonyl (C=O) groups excluding carboxylic acids is 1. The number of aliphatic carboxylic acids is 1. The van der Waals surface area contributed by atoms with Gasteiger partial charge in [0, 0.05) is 11.7 Å². The second-order valence-electron chi connectivity index (χ2n) is 5.10. The molecule has 1 amide bonds. The van der Waals surface area contributed by atoms with Crippen molar-refractivity contribution in [3.8, 4) is 0 Å². The maximum atomic E-state index is 12.0. The molecule has 0 aliphatic carbocycles. The Bertz CT molecular complexity index is 633. The summed E-state index contributed by atoms with van der Waals surface area (Å²) in [5, 5.41) is 12.8. The third-order valence-corrected chi connectivity index (χ3v) is 3.47. The van der Waals surface area contributed by atoms with Gasteiger partial charge in [-0.3, -0.25) is 4.79 Å². The minimum absolute atomic E-state index is 0.128. The summed E-state index contributed by atoms with van der Waals surface area (Å²) in [5.74, 6) is -1.26. The number of fused-ring (bicyclic) bond motifs is 1. The summed E-state index contributed by atoms with van der Waals surface area (Å²) >= 11 is 0. The lowest BCUT2D eigenvalue weighted by molar-refractivity contribution is -0.142. The fourth-order valence-electron chi connectivity index (χ4n) is 2.34. The molecule has 2 aromatic rings. The van der Waals surface area contributed by atoms with E-state index in [2.05, 4.69) is 5.32 Å². The molecular weight excluding hydrogens is 268 g/mol. The average molecular weight is 288 g/mol. The van der Waals surface area contributed by atoms with Crippen LogP contribution in [0.2, 0.25) is 0 Å². The van der Waals surface area contributed by atoms with E-state index in [1.807, 2.05) is 48.0 Å². The Kier molecular flexibility index (Phi) is 4.98. The largest absolute Gasteiger partial charge is 0.480 e. The van der Waals surface area contributed by atoms with Gasteiger partial charge in [0.1, 0.15) is 12.6 Å². The van der Waals surface area contributed by atoms with Gasteiger partial charge in [0.05, 0.1) is 0 Å². The Hall–Kier alpha value is -2.30. The number of rotatable bonds is 7. The van der Waals surface area contributed by atoms with Crippen molar-refractivity contribution in [2.24, 2.45) is 0 Å². The van der Waals surface area contributed by atoms with Crippen LogP contribution in [0.25, 0.3) is 10.9 Å². The molecule has 0 aliphatic heterocycles. The summed E-state index contributed by atoms with van der Waals surface area (Å²) in [4.78, 5) is 23.2. The lowest BCUT2D eigenvalue weighted by atomic mass is 10.1. The van der Waals surface area contributed by atoms with Crippen molar-refractivity contribution >= 4 is 22.8 Å². The van der Waals surface area contributed by atoms with Gasteiger partial charge in [-0.1, -0.05) is 38.0 Å². The number of aromatic nitrogens is 1. The van der Waals surface area contributed by atoms with Crippen LogP contribution in [0.1, 0.15) is 26.2 Å². The molecule has 0 aliphatic rings. The smallest absolute Gasteiger partial charge is 0.326 e. The Morgan fingerprint density at radius 2 is 2.05 bits per heavy atom. The lowest BCUT2D eigenvalue weighted by Crippen LogP contribution is -2.42. The number of carboxylic acid groups (broad SMARTS) is 1. The van der Waals surface area contributed by atoms with E-state index in [4.69, 9.17) is 5.11 Å². The Morgan fingerprint density at radius 3 is 2.76 bits per heavy atom. The number of unbranched alkanes of at least 4 members (excludes halogenated alkanes) is 1. The van der Waals surface area contributed by atoms with Crippen LogP contribution in [0.15, 0.2) is 36.5 Å². The van der Waals surface area contributed by atoms with Gasteiger partial charge < -0.3 is 15.0 Å². The van der Waals surface area contributed by atoms with Crippen molar-refractivity contribution in [2.45, 2.75) is 38.8 Å². The molecule has 0 saturated heterocycles. The molecule has 21 heavy (non-hydrogen) atoms. The Morgan fingerprint density at radius 1 is 1.29 bits per heavy atom. The Labute approximate surface area is 123 Å². The third kappa shape index (κ3) is 3.84. The van der Waals surface area contributed by atoms with Crippen molar-refractivity contribution in [1.29, 1.82) is 0 Å². The molecular formula is C16H20N2O3. The van der Waals surface area contributed by atoms with Crippen molar-refractivity contribution in [2.75, 3.05) is 0 Å². The summed E-state index contributed by atoms with van der Waals surface area (Å²) in [6.07, 6.45) is 3.99. The van der Waals surface area contributed by atoms with Gasteiger partial charge in [0.25, 0.3) is 0 Å². The highest BCUT2D eigenvalue weighted by atomic mass is 16.4. The third-order valence-electron chi connectivity index (χ3n) is 3.47. The highest BCUT2D eigenvalue weighted by molar-refractivity contribution is 5.86. The minimum Gasteiger partial charge on any atom is -0.480 e. The van der Waals surface area contributed by atoms with Crippen molar-refractivity contribution in [1.82, 2.24) is 9.88 Å². The molecule has 0 spiro atoms. The van der Waals surface area contributed by atoms with Crippen molar-refractivity contribution in [3.05, 3.63) is 36.5 Å². The predicted octanol–water partition coefficient (Wildman–Crippen LogP) is 2.40. The molecule has 0 fully saturated rings. The normalized spacial score (nSPS) is 12.2. The van der Waals surface area contributed by atoms with Crippen molar-refractivity contribution < 1.29 is 14.7 Å². The molecule has 1 aromatic heterocycles. The fraction of sp³-hybridized carbons (Fsp3) is 0.375. The van der Waals surface area contributed by atoms with Gasteiger partial charge in [0.2, 0.25) is 5.91 Å². The van der Waals surface area contributed by atoms with Crippen LogP contribution in [0.3, 0.4) is 0 Å². The van der Waals surface area contributed by atoms with E-state index < -0.39 is 12.0 Å². The van der Waals surface area contributed by atoms with Crippen LogP contribution in [0, 0.1) is 0 Å². The maximum Gasteiger partial charge on any atom is 0.326 e. The molecule has 1 atom stereocenters. The summed E-state index contributed by atoms with van der Waals surface area (Å²) in [6.45, 7) is 2.12. The highest BCUT2D eigenvalue weighted by Crippen LogP contribution is 2.14. The summed E-state index contributed by atoms with van der Waals surface area (Å²) in [6, 6.07) is 8.91. The van der Waals surface area contributed by atoms with Crippen LogP contribution in [0.5, 0.6) is 0 Å². The standard InChI is InChI=1S/C16H20N2O3/c1-2-3-7-13(16(20)21)17-15(19)11-18-10-9-12-6-4-5-8-14(12)18/h4-6,8-10,13H,2-3,7,11H2,1H3,(H,17,19)(H,20,21)/t13-/m0/s1. The molecule has 1 aromatic carbocycles. The second kappa shape index (κ2) is 6.92. The molecule has 0 unspecified atom stereocenters. The lowest BCUT2D eigenvalue weighted by Gasteiger charge is -2.14. The number of hydrogen-bond acceptors (Lipinski definition) is 2. The van der Waals surface area contributed by atoms with E-state index in [-0.39, 0.29) is 12.5 Å². The molecule has 0 saturated carbocycles. The number of nitrogens with zero attached hydrogens (tertiary/aromatic N) is 1. The first-order valence-corrected chi connectivity index (χ1v) is 7.18. The van der Waals surface area contributed by atoms with Gasteiger partial charge in [-0.25, -0.2) is 4.79 Å². The molecule has 1 heterocycles. The molecule has 0 radical (unpaired) electrons. The average Bonchev–Trinajstić information content (AvgIpc) is 2.86. The van der Waals surface area contributed by atoms with Crippen LogP contribution in [0.4, 0.5) is 0 Å². The van der Waals surface area contributed by atoms with E-state index in [1.165, 1.54) is 0 Å². The number of para-hydroxylation sites is 1. The van der Waals surface area contributed by atoms with Gasteiger partial charge in [-0.2, -0.15) is 0 Å². The maximum absolute atomic E-state index is 12.0. The summed E-state index contributed by atoms with van der Waals surface area (Å²) < 4.78 is 1.82. The van der Waals surface area contributed by atoms with Gasteiger partial charge in [-0.05, 0) is 23.9 Å². The van der Waals surface area contributed by atoms with Crippen molar-refractivity contribution in [3.63, 3.8) is 0 Å². The zero-order chi connectivity index (χ0) is 15.2. The Balaban J connectivity index is 2.02. The molecule has 5 heteroatoms. The quantitative estimate of drug-likeness (QED) is 0.822. The van der Waals surface area contributed by atoms with Crippen LogP contribution >= 0.6 is 0 Å². The number of nitrogens with one attached hydrogen (secondary N) is 1. The van der Waals surface area contributed by atoms with Gasteiger partial charge in [0.15, 0.2) is 0 Å².